The minimum Gasteiger partial charge on any atom is -0.465 e. The molecule has 0 spiro atoms. The van der Waals surface area contributed by atoms with E-state index in [1.54, 1.807) is 30.5 Å². The van der Waals surface area contributed by atoms with E-state index in [1.807, 2.05) is 31.2 Å². The molecule has 1 aromatic heterocycles. The Bertz CT molecular complexity index is 1690. The SMILES string of the molecule is CCC1CC(Nc2nccc(Oc3ccc(NC(=O)c4cc(F)cc(N5CCCCC5)c4)c4ccccc34)n2)CCN1C(=O)O. The Kier molecular flexibility index (Phi) is 8.95. The number of fused-ring (bicyclic) bond motifs is 1. The van der Waals surface area contributed by atoms with Crippen LogP contribution in [0.4, 0.5) is 26.5 Å². The highest BCUT2D eigenvalue weighted by Crippen LogP contribution is 2.35. The first-order chi connectivity index (χ1) is 21.9. The smallest absolute Gasteiger partial charge is 0.407 e. The lowest BCUT2D eigenvalue weighted by atomic mass is 9.96. The Labute approximate surface area is 261 Å². The number of anilines is 3. The number of nitrogens with one attached hydrogen (secondary N) is 2. The van der Waals surface area contributed by atoms with Crippen LogP contribution in [0.2, 0.25) is 0 Å². The van der Waals surface area contributed by atoms with Gasteiger partial charge in [-0.25, -0.2) is 14.2 Å². The maximum absolute atomic E-state index is 14.6. The molecule has 0 radical (unpaired) electrons. The van der Waals surface area contributed by atoms with Gasteiger partial charge in [0.2, 0.25) is 11.8 Å². The number of nitrogens with zero attached hydrogens (tertiary/aromatic N) is 4. The number of carbonyl (C=O) groups excluding carboxylic acids is 1. The van der Waals surface area contributed by atoms with Gasteiger partial charge in [0.15, 0.2) is 0 Å². The Morgan fingerprint density at radius 3 is 2.60 bits per heavy atom. The zero-order valence-corrected chi connectivity index (χ0v) is 25.2. The molecule has 2 atom stereocenters. The average Bonchev–Trinajstić information content (AvgIpc) is 3.06. The van der Waals surface area contributed by atoms with Crippen molar-refractivity contribution in [3.05, 3.63) is 78.2 Å². The fraction of sp³-hybridized carbons (Fsp3) is 0.353. The molecule has 234 valence electrons. The lowest BCUT2D eigenvalue weighted by Gasteiger charge is -2.37. The van der Waals surface area contributed by atoms with E-state index in [0.717, 1.165) is 55.2 Å². The van der Waals surface area contributed by atoms with Gasteiger partial charge in [0.25, 0.3) is 5.91 Å². The van der Waals surface area contributed by atoms with E-state index in [-0.39, 0.29) is 17.6 Å². The van der Waals surface area contributed by atoms with Crippen molar-refractivity contribution < 1.29 is 23.8 Å². The zero-order chi connectivity index (χ0) is 31.3. The lowest BCUT2D eigenvalue weighted by molar-refractivity contribution is 0.101. The summed E-state index contributed by atoms with van der Waals surface area (Å²) in [5.74, 6) is 0.467. The third-order valence-corrected chi connectivity index (χ3v) is 8.61. The molecule has 11 heteroatoms. The second kappa shape index (κ2) is 13.4. The summed E-state index contributed by atoms with van der Waals surface area (Å²) >= 11 is 0. The van der Waals surface area contributed by atoms with Crippen LogP contribution < -0.4 is 20.3 Å². The second-order valence-electron chi connectivity index (χ2n) is 11.6. The normalized spacial score (nSPS) is 18.4. The highest BCUT2D eigenvalue weighted by Gasteiger charge is 2.30. The molecule has 4 aromatic rings. The topological polar surface area (TPSA) is 120 Å². The molecule has 0 bridgehead atoms. The minimum absolute atomic E-state index is 0.0403. The molecule has 2 aliphatic heterocycles. The van der Waals surface area contributed by atoms with Gasteiger partial charge in [0.05, 0.1) is 0 Å². The van der Waals surface area contributed by atoms with Gasteiger partial charge in [-0.05, 0) is 68.9 Å². The highest BCUT2D eigenvalue weighted by atomic mass is 19.1. The molecule has 2 aliphatic rings. The molecule has 2 amide bonds. The number of benzene rings is 3. The van der Waals surface area contributed by atoms with Crippen LogP contribution in [0, 0.1) is 5.82 Å². The number of aromatic nitrogens is 2. The monoisotopic (exact) mass is 612 g/mol. The Morgan fingerprint density at radius 1 is 1.02 bits per heavy atom. The predicted octanol–water partition coefficient (Wildman–Crippen LogP) is 7.14. The van der Waals surface area contributed by atoms with E-state index in [4.69, 9.17) is 4.74 Å². The minimum atomic E-state index is -0.888. The predicted molar refractivity (Wildman–Crippen MR) is 172 cm³/mol. The van der Waals surface area contributed by atoms with Crippen LogP contribution >= 0.6 is 0 Å². The fourth-order valence-corrected chi connectivity index (χ4v) is 6.29. The molecule has 0 saturated carbocycles. The van der Waals surface area contributed by atoms with Crippen LogP contribution in [0.15, 0.2) is 66.9 Å². The number of hydrogen-bond acceptors (Lipinski definition) is 7. The molecule has 10 nitrogen and oxygen atoms in total. The first-order valence-electron chi connectivity index (χ1n) is 15.5. The molecular formula is C34H37FN6O4. The highest BCUT2D eigenvalue weighted by molar-refractivity contribution is 6.10. The maximum Gasteiger partial charge on any atom is 0.407 e. The molecule has 2 saturated heterocycles. The second-order valence-corrected chi connectivity index (χ2v) is 11.6. The Hall–Kier alpha value is -4.93. The molecular weight excluding hydrogens is 575 g/mol. The fourth-order valence-electron chi connectivity index (χ4n) is 6.29. The summed E-state index contributed by atoms with van der Waals surface area (Å²) in [7, 11) is 0. The summed E-state index contributed by atoms with van der Waals surface area (Å²) in [6, 6.07) is 17.2. The molecule has 2 fully saturated rings. The quantitative estimate of drug-likeness (QED) is 0.192. The third-order valence-electron chi connectivity index (χ3n) is 8.61. The number of hydrogen-bond donors (Lipinski definition) is 3. The Morgan fingerprint density at radius 2 is 1.82 bits per heavy atom. The van der Waals surface area contributed by atoms with E-state index >= 15 is 0 Å². The van der Waals surface area contributed by atoms with E-state index < -0.39 is 17.8 Å². The summed E-state index contributed by atoms with van der Waals surface area (Å²) in [5, 5.41) is 17.3. The van der Waals surface area contributed by atoms with Crippen molar-refractivity contribution >= 4 is 40.1 Å². The van der Waals surface area contributed by atoms with Gasteiger partial charge in [-0.2, -0.15) is 4.98 Å². The summed E-state index contributed by atoms with van der Waals surface area (Å²) < 4.78 is 20.8. The van der Waals surface area contributed by atoms with E-state index in [1.165, 1.54) is 17.0 Å². The van der Waals surface area contributed by atoms with Gasteiger partial charge in [-0.3, -0.25) is 4.79 Å². The number of carbonyl (C=O) groups is 2. The van der Waals surface area contributed by atoms with Crippen molar-refractivity contribution in [1.82, 2.24) is 14.9 Å². The summed E-state index contributed by atoms with van der Waals surface area (Å²) in [4.78, 5) is 37.4. The maximum atomic E-state index is 14.6. The average molecular weight is 613 g/mol. The van der Waals surface area contributed by atoms with Gasteiger partial charge in [0.1, 0.15) is 11.6 Å². The number of halogens is 1. The van der Waals surface area contributed by atoms with Gasteiger partial charge in [-0.1, -0.05) is 31.2 Å². The van der Waals surface area contributed by atoms with Crippen molar-refractivity contribution in [3.8, 4) is 11.6 Å². The van der Waals surface area contributed by atoms with Crippen LogP contribution in [-0.4, -0.2) is 63.7 Å². The van der Waals surface area contributed by atoms with Gasteiger partial charge >= 0.3 is 6.09 Å². The summed E-state index contributed by atoms with van der Waals surface area (Å²) in [6.07, 6.45) is 6.06. The van der Waals surface area contributed by atoms with Crippen molar-refractivity contribution in [3.63, 3.8) is 0 Å². The van der Waals surface area contributed by atoms with Crippen LogP contribution in [0.5, 0.6) is 11.6 Å². The molecule has 0 aliphatic carbocycles. The van der Waals surface area contributed by atoms with Gasteiger partial charge in [-0.15, -0.1) is 0 Å². The summed E-state index contributed by atoms with van der Waals surface area (Å²) in [6.45, 7) is 4.15. The number of ether oxygens (including phenoxy) is 1. The van der Waals surface area contributed by atoms with Crippen LogP contribution in [0.1, 0.15) is 55.8 Å². The number of carboxylic acid groups (broad SMARTS) is 1. The largest absolute Gasteiger partial charge is 0.465 e. The third kappa shape index (κ3) is 6.92. The van der Waals surface area contributed by atoms with Crippen LogP contribution in [0.3, 0.4) is 0 Å². The first kappa shape index (κ1) is 30.1. The van der Waals surface area contributed by atoms with Crippen LogP contribution in [-0.2, 0) is 0 Å². The molecule has 2 unspecified atom stereocenters. The number of likely N-dealkylation sites (tertiary alicyclic amines) is 1. The number of amides is 2. The molecule has 6 rings (SSSR count). The first-order valence-corrected chi connectivity index (χ1v) is 15.5. The van der Waals surface area contributed by atoms with Crippen molar-refractivity contribution in [2.24, 2.45) is 0 Å². The standard InChI is InChI=1S/C34H37FN6O4/c1-2-25-21-24(13-17-41(25)34(43)44)37-33-36-14-12-31(39-33)45-30-11-10-29(27-8-4-5-9-28(27)30)38-32(42)22-18-23(35)20-26(19-22)40-15-6-3-7-16-40/h4-5,8-12,14,18-20,24-25H,2-3,6-7,13,15-17,21H2,1H3,(H,38,42)(H,43,44)(H,36,37,39). The molecule has 3 heterocycles. The number of rotatable bonds is 8. The van der Waals surface area contributed by atoms with E-state index in [0.29, 0.717) is 42.7 Å². The zero-order valence-electron chi connectivity index (χ0n) is 25.2. The molecule has 3 aromatic carbocycles. The van der Waals surface area contributed by atoms with E-state index in [2.05, 4.69) is 25.5 Å². The lowest BCUT2D eigenvalue weighted by Crippen LogP contribution is -2.48. The Balaban J connectivity index is 1.18. The van der Waals surface area contributed by atoms with E-state index in [9.17, 15) is 19.1 Å². The van der Waals surface area contributed by atoms with Crippen molar-refractivity contribution in [1.29, 1.82) is 0 Å². The van der Waals surface area contributed by atoms with Crippen molar-refractivity contribution in [2.45, 2.75) is 57.5 Å². The molecule has 3 N–H and O–H groups in total. The van der Waals surface area contributed by atoms with Crippen molar-refractivity contribution in [2.75, 3.05) is 35.2 Å². The van der Waals surface area contributed by atoms with Gasteiger partial charge in [0, 0.05) is 71.7 Å². The molecule has 45 heavy (non-hydrogen) atoms. The van der Waals surface area contributed by atoms with Gasteiger partial charge < -0.3 is 30.3 Å². The van der Waals surface area contributed by atoms with Crippen LogP contribution in [0.25, 0.3) is 10.8 Å². The summed E-state index contributed by atoms with van der Waals surface area (Å²) in [5.41, 5.74) is 1.57. The number of piperidine rings is 2.